The quantitative estimate of drug-likeness (QED) is 0.0479. The molecule has 4 aromatic rings. The van der Waals surface area contributed by atoms with Crippen LogP contribution in [-0.4, -0.2) is 185 Å². The summed E-state index contributed by atoms with van der Waals surface area (Å²) in [4.78, 5) is 53.8. The number of rotatable bonds is 24. The number of carbonyl (C=O) groups is 4. The summed E-state index contributed by atoms with van der Waals surface area (Å²) in [5.74, 6) is -0.111. The number of piperidine rings is 2. The fraction of sp³-hybridized carbons (Fsp3) is 0.541. The van der Waals surface area contributed by atoms with Crippen LogP contribution in [0.4, 0.5) is 0 Å². The highest BCUT2D eigenvalue weighted by molar-refractivity contribution is 5.78. The second kappa shape index (κ2) is 28.8. The molecular formula is C61H78N2O18. The van der Waals surface area contributed by atoms with Gasteiger partial charge in [-0.1, -0.05) is 79.9 Å². The molecule has 4 aromatic carbocycles. The lowest BCUT2D eigenvalue weighted by molar-refractivity contribution is -0.277. The van der Waals surface area contributed by atoms with E-state index >= 15 is 0 Å². The van der Waals surface area contributed by atoms with Crippen molar-refractivity contribution in [3.05, 3.63) is 107 Å². The second-order valence-electron chi connectivity index (χ2n) is 22.1. The van der Waals surface area contributed by atoms with Gasteiger partial charge in [0.05, 0.1) is 26.1 Å². The van der Waals surface area contributed by atoms with Crippen LogP contribution in [0.25, 0.3) is 22.3 Å². The standard InChI is InChI=1S/C61H78N2O18/c64-34-48-54(72)56(74)58(76)60(80-48)78-46-18-16-38(30-44(46)42-12-2-10-40(28-42)32-52(68)69)8-4-14-50(66)62-24-20-36(21-25-62)6-1-7-37-22-26-63(27-23-37)51(67)15-5-9-39-17-19-47(79-61-59(77)57(75)55(73)49(35-65)81-61)45(31-39)43-13-3-11-41(29-43)33-53(70)71/h2-3,10-13,16-19,28-31,36-37,48-49,54-61,64-65,72-77H,1,4-9,14-15,20-27,32-35H2,(H,68,69)(H,70,71)/t48-,49-,54-,55-,56-,57-,58+,59+,60+,61+/m1/s1. The molecule has 0 saturated carbocycles. The lowest BCUT2D eigenvalue weighted by Gasteiger charge is -2.39. The van der Waals surface area contributed by atoms with Crippen molar-refractivity contribution >= 4 is 23.8 Å². The van der Waals surface area contributed by atoms with Gasteiger partial charge in [-0.2, -0.15) is 0 Å². The van der Waals surface area contributed by atoms with Crippen LogP contribution < -0.4 is 9.47 Å². The van der Waals surface area contributed by atoms with Gasteiger partial charge in [0.2, 0.25) is 24.4 Å². The molecule has 81 heavy (non-hydrogen) atoms. The first-order valence-electron chi connectivity index (χ1n) is 28.4. The maximum atomic E-state index is 13.4. The molecule has 20 heteroatoms. The van der Waals surface area contributed by atoms with Gasteiger partial charge in [-0.3, -0.25) is 19.2 Å². The minimum Gasteiger partial charge on any atom is -0.481 e. The summed E-state index contributed by atoms with van der Waals surface area (Å²) < 4.78 is 23.4. The third-order valence-corrected chi connectivity index (χ3v) is 16.3. The van der Waals surface area contributed by atoms with Gasteiger partial charge in [-0.15, -0.1) is 0 Å². The average molecular weight is 1130 g/mol. The summed E-state index contributed by atoms with van der Waals surface area (Å²) in [6.07, 6.45) is -4.95. The highest BCUT2D eigenvalue weighted by atomic mass is 16.7. The molecule has 0 unspecified atom stereocenters. The van der Waals surface area contributed by atoms with Gasteiger partial charge < -0.3 is 79.8 Å². The summed E-state index contributed by atoms with van der Waals surface area (Å²) in [7, 11) is 0. The van der Waals surface area contributed by atoms with Crippen molar-refractivity contribution in [3.63, 3.8) is 0 Å². The number of aliphatic hydroxyl groups is 8. The fourth-order valence-corrected chi connectivity index (χ4v) is 11.6. The molecule has 0 spiro atoms. The van der Waals surface area contributed by atoms with Crippen molar-refractivity contribution < 1.29 is 89.2 Å². The zero-order chi connectivity index (χ0) is 57.7. The molecule has 4 heterocycles. The van der Waals surface area contributed by atoms with Gasteiger partial charge in [0.25, 0.3) is 0 Å². The number of hydrogen-bond donors (Lipinski definition) is 10. The SMILES string of the molecule is O=C(O)Cc1cccc(-c2cc(CCCC(=O)N3CCC(CCCC4CCN(C(=O)CCCc5ccc(O[C@H]6O[C@H](CO)[C@@H](O)[C@@H](O)[C@@H]6O)c(-c6cccc(CC(=O)O)c6)c5)CC4)CC3)ccc2O[C@H]2O[C@H](CO)[C@@H](O)[C@@H](O)[C@@H]2O)c1. The van der Waals surface area contributed by atoms with E-state index in [1.165, 1.54) is 0 Å². The Morgan fingerprint density at radius 1 is 0.481 bits per heavy atom. The van der Waals surface area contributed by atoms with Gasteiger partial charge in [-0.05, 0) is 121 Å². The van der Waals surface area contributed by atoms with Crippen LogP contribution >= 0.6 is 0 Å². The van der Waals surface area contributed by atoms with Gasteiger partial charge in [-0.25, -0.2) is 0 Å². The van der Waals surface area contributed by atoms with Crippen LogP contribution in [0, 0.1) is 11.8 Å². The maximum Gasteiger partial charge on any atom is 0.307 e. The summed E-state index contributed by atoms with van der Waals surface area (Å²) in [5, 5.41) is 101. The Labute approximate surface area is 471 Å². The Kier molecular flexibility index (Phi) is 21.7. The van der Waals surface area contributed by atoms with Crippen molar-refractivity contribution in [2.45, 2.75) is 158 Å². The first kappa shape index (κ1) is 61.0. The molecule has 2 amide bonds. The van der Waals surface area contributed by atoms with Crippen molar-refractivity contribution in [3.8, 4) is 33.8 Å². The lowest BCUT2D eigenvalue weighted by atomic mass is 9.86. The number of carboxylic acids is 2. The van der Waals surface area contributed by atoms with E-state index in [9.17, 15) is 70.2 Å². The molecular weight excluding hydrogens is 1050 g/mol. The lowest BCUT2D eigenvalue weighted by Crippen LogP contribution is -2.60. The molecule has 4 fully saturated rings. The van der Waals surface area contributed by atoms with Gasteiger partial charge in [0.1, 0.15) is 60.3 Å². The molecule has 0 radical (unpaired) electrons. The zero-order valence-electron chi connectivity index (χ0n) is 45.5. The Morgan fingerprint density at radius 3 is 1.25 bits per heavy atom. The molecule has 4 aliphatic heterocycles. The van der Waals surface area contributed by atoms with Crippen molar-refractivity contribution in [1.82, 2.24) is 9.80 Å². The average Bonchev–Trinajstić information content (AvgIpc) is 3.50. The highest BCUT2D eigenvalue weighted by Gasteiger charge is 2.46. The van der Waals surface area contributed by atoms with Crippen LogP contribution in [0.5, 0.6) is 11.5 Å². The van der Waals surface area contributed by atoms with Crippen molar-refractivity contribution in [2.75, 3.05) is 39.4 Å². The Hall–Kier alpha value is -6.04. The molecule has 8 rings (SSSR count). The molecule has 440 valence electrons. The molecule has 0 aliphatic carbocycles. The number of benzene rings is 4. The second-order valence-corrected chi connectivity index (χ2v) is 22.1. The minimum atomic E-state index is -1.63. The largest absolute Gasteiger partial charge is 0.481 e. The number of likely N-dealkylation sites (tertiary alicyclic amines) is 2. The van der Waals surface area contributed by atoms with Crippen LogP contribution in [0.3, 0.4) is 0 Å². The van der Waals surface area contributed by atoms with E-state index in [2.05, 4.69) is 0 Å². The molecule has 0 aromatic heterocycles. The number of carbonyl (C=O) groups excluding carboxylic acids is 2. The monoisotopic (exact) mass is 1130 g/mol. The number of carboxylic acid groups (broad SMARTS) is 2. The first-order valence-corrected chi connectivity index (χ1v) is 28.4. The smallest absolute Gasteiger partial charge is 0.307 e. The van der Waals surface area contributed by atoms with E-state index in [1.807, 2.05) is 34.1 Å². The highest BCUT2D eigenvalue weighted by Crippen LogP contribution is 2.38. The molecule has 10 atom stereocenters. The number of hydrogen-bond acceptors (Lipinski definition) is 16. The Morgan fingerprint density at radius 2 is 0.877 bits per heavy atom. The minimum absolute atomic E-state index is 0.113. The van der Waals surface area contributed by atoms with Crippen LogP contribution in [0.15, 0.2) is 84.9 Å². The molecule has 4 aliphatic rings. The van der Waals surface area contributed by atoms with Crippen molar-refractivity contribution in [2.24, 2.45) is 11.8 Å². The van der Waals surface area contributed by atoms with Crippen molar-refractivity contribution in [1.29, 1.82) is 0 Å². The van der Waals surface area contributed by atoms with Crippen LogP contribution in [0.2, 0.25) is 0 Å². The maximum absolute atomic E-state index is 13.4. The molecule has 10 N–H and O–H groups in total. The molecule has 4 saturated heterocycles. The normalized spacial score (nSPS) is 25.6. The van der Waals surface area contributed by atoms with E-state index < -0.39 is 86.6 Å². The summed E-state index contributed by atoms with van der Waals surface area (Å²) in [5.41, 5.74) is 5.36. The molecule has 0 bridgehead atoms. The predicted octanol–water partition coefficient (Wildman–Crippen LogP) is 3.63. The van der Waals surface area contributed by atoms with E-state index in [-0.39, 0.29) is 36.2 Å². The van der Waals surface area contributed by atoms with Crippen LogP contribution in [-0.2, 0) is 54.3 Å². The van der Waals surface area contributed by atoms with Gasteiger partial charge in [0.15, 0.2) is 0 Å². The summed E-state index contributed by atoms with van der Waals surface area (Å²) in [6.45, 7) is 1.66. The predicted molar refractivity (Wildman–Crippen MR) is 294 cm³/mol. The summed E-state index contributed by atoms with van der Waals surface area (Å²) >= 11 is 0. The third kappa shape index (κ3) is 16.2. The molecule has 20 nitrogen and oxygen atoms in total. The van der Waals surface area contributed by atoms with E-state index in [0.717, 1.165) is 82.3 Å². The first-order chi connectivity index (χ1) is 39.0. The van der Waals surface area contributed by atoms with Crippen LogP contribution in [0.1, 0.15) is 92.9 Å². The Bertz CT molecular complexity index is 2560. The number of nitrogens with zero attached hydrogens (tertiary/aromatic N) is 2. The number of ether oxygens (including phenoxy) is 4. The van der Waals surface area contributed by atoms with E-state index in [4.69, 9.17) is 18.9 Å². The number of amides is 2. The Balaban J connectivity index is 0.752. The van der Waals surface area contributed by atoms with Gasteiger partial charge >= 0.3 is 11.9 Å². The number of aliphatic carboxylic acids is 2. The topological polar surface area (TPSA) is 314 Å². The summed E-state index contributed by atoms with van der Waals surface area (Å²) in [6, 6.07) is 24.8. The number of aryl methyl sites for hydroxylation is 2. The van der Waals surface area contributed by atoms with E-state index in [1.54, 1.807) is 60.7 Å². The fourth-order valence-electron chi connectivity index (χ4n) is 11.6. The number of aliphatic hydroxyl groups excluding tert-OH is 8. The third-order valence-electron chi connectivity index (χ3n) is 16.3. The van der Waals surface area contributed by atoms with E-state index in [0.29, 0.717) is 83.7 Å². The zero-order valence-corrected chi connectivity index (χ0v) is 45.5. The van der Waals surface area contributed by atoms with Gasteiger partial charge in [0, 0.05) is 50.1 Å².